The first-order valence-electron chi connectivity index (χ1n) is 17.1. The Morgan fingerprint density at radius 2 is 1.44 bits per heavy atom. The lowest BCUT2D eigenvalue weighted by Crippen LogP contribution is -2.49. The molecule has 45 heavy (non-hydrogen) atoms. The second kappa shape index (κ2) is 18.0. The maximum Gasteiger partial charge on any atom is 0.319 e. The molecule has 1 N–H and O–H groups in total. The number of hydrogen-bond donors (Lipinski definition) is 1. The number of rotatable bonds is 21. The Kier molecular flexibility index (Phi) is 14.5. The van der Waals surface area contributed by atoms with Crippen molar-refractivity contribution in [3.8, 4) is 0 Å². The van der Waals surface area contributed by atoms with Gasteiger partial charge >= 0.3 is 5.97 Å². The number of unbranched alkanes of at least 4 members (excludes halogenated alkanes) is 3. The first-order chi connectivity index (χ1) is 21.6. The van der Waals surface area contributed by atoms with Crippen LogP contribution in [0.5, 0.6) is 0 Å². The number of aryl methyl sites for hydroxylation is 2. The lowest BCUT2D eigenvalue weighted by atomic mass is 9.93. The molecule has 0 radical (unpaired) electrons. The molecule has 0 saturated carbocycles. The number of esters is 1. The maximum atomic E-state index is 14.0. The van der Waals surface area contributed by atoms with Crippen LogP contribution in [0.15, 0.2) is 48.7 Å². The van der Waals surface area contributed by atoms with E-state index >= 15 is 0 Å². The molecule has 7 heteroatoms. The predicted molar refractivity (Wildman–Crippen MR) is 184 cm³/mol. The molecular weight excluding hydrogens is 562 g/mol. The summed E-state index contributed by atoms with van der Waals surface area (Å²) >= 11 is 0. The molecular formula is C38H55N3O4. The van der Waals surface area contributed by atoms with Gasteiger partial charge in [0.25, 0.3) is 0 Å². The van der Waals surface area contributed by atoms with Gasteiger partial charge in [-0.25, -0.2) is 0 Å². The molecule has 2 heterocycles. The smallest absolute Gasteiger partial charge is 0.319 e. The van der Waals surface area contributed by atoms with Gasteiger partial charge in [-0.1, -0.05) is 64.3 Å². The summed E-state index contributed by atoms with van der Waals surface area (Å²) in [5.41, 5.74) is 3.95. The largest absolute Gasteiger partial charge is 0.465 e. The minimum Gasteiger partial charge on any atom is -0.465 e. The second-order valence-electron chi connectivity index (χ2n) is 12.6. The Bertz CT molecular complexity index is 1380. The van der Waals surface area contributed by atoms with E-state index < -0.39 is 11.5 Å². The molecule has 3 rings (SSSR count). The highest BCUT2D eigenvalue weighted by molar-refractivity contribution is 6.10. The third kappa shape index (κ3) is 10.4. The number of pyridine rings is 1. The molecule has 3 aromatic rings. The van der Waals surface area contributed by atoms with Gasteiger partial charge in [0.1, 0.15) is 0 Å². The molecule has 0 amide bonds. The van der Waals surface area contributed by atoms with Crippen LogP contribution in [0.25, 0.3) is 5.52 Å². The van der Waals surface area contributed by atoms with Crippen molar-refractivity contribution in [2.45, 2.75) is 105 Å². The molecule has 1 aromatic carbocycles. The summed E-state index contributed by atoms with van der Waals surface area (Å²) in [7, 11) is 0. The summed E-state index contributed by atoms with van der Waals surface area (Å²) in [5, 5.41) is 3.03. The Labute approximate surface area is 270 Å². The van der Waals surface area contributed by atoms with Gasteiger partial charge in [0.05, 0.1) is 24.4 Å². The molecule has 0 unspecified atom stereocenters. The van der Waals surface area contributed by atoms with Crippen LogP contribution in [-0.2, 0) is 22.4 Å². The second-order valence-corrected chi connectivity index (χ2v) is 12.6. The lowest BCUT2D eigenvalue weighted by Gasteiger charge is -2.24. The van der Waals surface area contributed by atoms with Crippen LogP contribution in [0.1, 0.15) is 124 Å². The summed E-state index contributed by atoms with van der Waals surface area (Å²) in [6.07, 6.45) is 11.7. The molecule has 0 aliphatic rings. The van der Waals surface area contributed by atoms with Crippen LogP contribution in [-0.4, -0.2) is 65.2 Å². The normalized spacial score (nSPS) is 11.8. The summed E-state index contributed by atoms with van der Waals surface area (Å²) in [5.74, 6) is -0.532. The number of carbonyl (C=O) groups excluding carboxylic acids is 3. The number of Topliss-reactive ketones (excluding diaryl/α,β-unsaturated/α-hetero) is 1. The third-order valence-electron chi connectivity index (χ3n) is 8.49. The minimum absolute atomic E-state index is 0.00605. The fourth-order valence-corrected chi connectivity index (χ4v) is 5.70. The Morgan fingerprint density at radius 1 is 0.800 bits per heavy atom. The van der Waals surface area contributed by atoms with E-state index in [1.165, 1.54) is 44.3 Å². The van der Waals surface area contributed by atoms with Crippen LogP contribution in [0.2, 0.25) is 0 Å². The first-order valence-corrected chi connectivity index (χ1v) is 17.1. The van der Waals surface area contributed by atoms with E-state index in [9.17, 15) is 14.4 Å². The van der Waals surface area contributed by atoms with Crippen LogP contribution < -0.4 is 5.32 Å². The van der Waals surface area contributed by atoms with E-state index in [0.717, 1.165) is 49.7 Å². The van der Waals surface area contributed by atoms with E-state index in [-0.39, 0.29) is 18.1 Å². The van der Waals surface area contributed by atoms with Crippen molar-refractivity contribution in [3.05, 3.63) is 76.6 Å². The van der Waals surface area contributed by atoms with Crippen molar-refractivity contribution in [1.82, 2.24) is 14.6 Å². The third-order valence-corrected chi connectivity index (χ3v) is 8.49. The summed E-state index contributed by atoms with van der Waals surface area (Å²) in [6.45, 7) is 15.6. The quantitative estimate of drug-likeness (QED) is 0.0987. The van der Waals surface area contributed by atoms with Crippen LogP contribution in [0, 0.1) is 0 Å². The van der Waals surface area contributed by atoms with E-state index in [4.69, 9.17) is 4.74 Å². The van der Waals surface area contributed by atoms with Crippen LogP contribution in [0.3, 0.4) is 0 Å². The number of aromatic nitrogens is 1. The number of benzene rings is 1. The van der Waals surface area contributed by atoms with Gasteiger partial charge in [0, 0.05) is 22.8 Å². The average Bonchev–Trinajstić information content (AvgIpc) is 3.41. The van der Waals surface area contributed by atoms with E-state index in [1.54, 1.807) is 26.8 Å². The number of carbonyl (C=O) groups is 3. The van der Waals surface area contributed by atoms with Gasteiger partial charge in [-0.15, -0.1) is 0 Å². The summed E-state index contributed by atoms with van der Waals surface area (Å²) < 4.78 is 6.91. The Morgan fingerprint density at radius 3 is 2.07 bits per heavy atom. The van der Waals surface area contributed by atoms with Crippen LogP contribution in [0.4, 0.5) is 0 Å². The first kappa shape index (κ1) is 36.2. The zero-order valence-corrected chi connectivity index (χ0v) is 28.5. The van der Waals surface area contributed by atoms with Gasteiger partial charge in [-0.2, -0.15) is 0 Å². The van der Waals surface area contributed by atoms with Gasteiger partial charge in [-0.3, -0.25) is 19.7 Å². The van der Waals surface area contributed by atoms with Crippen molar-refractivity contribution in [3.63, 3.8) is 0 Å². The van der Waals surface area contributed by atoms with Crippen molar-refractivity contribution >= 4 is 23.1 Å². The average molecular weight is 618 g/mol. The molecule has 0 aliphatic carbocycles. The fraction of sp³-hybridized carbons (Fsp3) is 0.553. The molecule has 246 valence electrons. The highest BCUT2D eigenvalue weighted by Gasteiger charge is 2.30. The van der Waals surface area contributed by atoms with Crippen LogP contribution >= 0.6 is 0 Å². The summed E-state index contributed by atoms with van der Waals surface area (Å²) in [6, 6.07) is 13.8. The molecule has 0 aliphatic heterocycles. The molecule has 0 saturated heterocycles. The van der Waals surface area contributed by atoms with Gasteiger partial charge in [0.2, 0.25) is 5.78 Å². The number of hydrogen-bond acceptors (Lipinski definition) is 6. The predicted octanol–water partition coefficient (Wildman–Crippen LogP) is 7.46. The van der Waals surface area contributed by atoms with E-state index in [2.05, 4.69) is 43.1 Å². The lowest BCUT2D eigenvalue weighted by molar-refractivity contribution is -0.142. The monoisotopic (exact) mass is 617 g/mol. The topological polar surface area (TPSA) is 80.1 Å². The van der Waals surface area contributed by atoms with Gasteiger partial charge < -0.3 is 14.0 Å². The SMILES string of the molecule is CCCCc1cc2cc(C(=O)C(C)(C)NCC(=O)OCC)ccn2c1C(=O)c1ccc(CCCN(CCCC)CCCC)cc1. The molecule has 2 aromatic heterocycles. The summed E-state index contributed by atoms with van der Waals surface area (Å²) in [4.78, 5) is 41.8. The number of nitrogens with zero attached hydrogens (tertiary/aromatic N) is 2. The fourth-order valence-electron chi connectivity index (χ4n) is 5.70. The molecule has 7 nitrogen and oxygen atoms in total. The highest BCUT2D eigenvalue weighted by Crippen LogP contribution is 2.25. The number of fused-ring (bicyclic) bond motifs is 1. The highest BCUT2D eigenvalue weighted by atomic mass is 16.5. The van der Waals surface area contributed by atoms with Crippen molar-refractivity contribution in [2.75, 3.05) is 32.8 Å². The number of ketones is 2. The maximum absolute atomic E-state index is 14.0. The van der Waals surface area contributed by atoms with E-state index in [1.807, 2.05) is 34.9 Å². The molecule has 0 spiro atoms. The minimum atomic E-state index is -0.966. The Hall–Kier alpha value is -3.29. The standard InChI is InChI=1S/C38H55N3O4/c1-7-11-16-31-26-33-27-32(37(44)38(5,6)39-28-34(42)45-10-4)21-25-41(33)35(31)36(43)30-19-17-29(18-20-30)15-14-24-40(22-12-8-2)23-13-9-3/h17-21,25-27,39H,7-16,22-24,28H2,1-6H3. The van der Waals surface area contributed by atoms with Crippen molar-refractivity contribution in [2.24, 2.45) is 0 Å². The molecule has 0 fully saturated rings. The number of ether oxygens (including phenoxy) is 1. The van der Waals surface area contributed by atoms with E-state index in [0.29, 0.717) is 23.4 Å². The number of nitrogens with one attached hydrogen (secondary N) is 1. The zero-order valence-electron chi connectivity index (χ0n) is 28.5. The molecule has 0 bridgehead atoms. The van der Waals surface area contributed by atoms with Gasteiger partial charge in [-0.05, 0) is 108 Å². The van der Waals surface area contributed by atoms with Crippen molar-refractivity contribution in [1.29, 1.82) is 0 Å². The molecule has 0 atom stereocenters. The Balaban J connectivity index is 1.77. The van der Waals surface area contributed by atoms with Crippen molar-refractivity contribution < 1.29 is 19.1 Å². The van der Waals surface area contributed by atoms with Gasteiger partial charge in [0.15, 0.2) is 5.78 Å². The zero-order chi connectivity index (χ0) is 32.8.